The van der Waals surface area contributed by atoms with Crippen LogP contribution in [0.25, 0.3) is 0 Å². The molecule has 0 unspecified atom stereocenters. The Hall–Kier alpha value is -0.600. The monoisotopic (exact) mass is 145 g/mol. The molecule has 58 valence electrons. The van der Waals surface area contributed by atoms with Gasteiger partial charge in [-0.05, 0) is 26.7 Å². The molecule has 0 aromatic carbocycles. The van der Waals surface area contributed by atoms with Crippen molar-refractivity contribution < 1.29 is 9.18 Å². The first-order chi connectivity index (χ1) is 4.40. The van der Waals surface area contributed by atoms with Gasteiger partial charge in [0.2, 0.25) is 5.91 Å². The minimum Gasteiger partial charge on any atom is -0.369 e. The molecule has 0 bridgehead atoms. The van der Waals surface area contributed by atoms with Gasteiger partial charge in [-0.25, -0.2) is 4.39 Å². The third-order valence-corrected chi connectivity index (χ3v) is 2.36. The average molecular weight is 145 g/mol. The summed E-state index contributed by atoms with van der Waals surface area (Å²) in [7, 11) is 0. The Balaban J connectivity index is 2.80. The summed E-state index contributed by atoms with van der Waals surface area (Å²) >= 11 is 0. The van der Waals surface area contributed by atoms with Gasteiger partial charge in [0.25, 0.3) is 0 Å². The number of primary amides is 1. The minimum absolute atomic E-state index is 0.500. The molecule has 1 rings (SSSR count). The molecule has 2 N–H and O–H groups in total. The molecule has 0 radical (unpaired) electrons. The van der Waals surface area contributed by atoms with E-state index in [2.05, 4.69) is 0 Å². The number of hydrogen-bond donors (Lipinski definition) is 1. The third kappa shape index (κ3) is 0.805. The van der Waals surface area contributed by atoms with Crippen LogP contribution < -0.4 is 5.73 Å². The molecule has 0 spiro atoms. The van der Waals surface area contributed by atoms with Crippen LogP contribution in [-0.2, 0) is 4.79 Å². The molecule has 1 saturated carbocycles. The molecule has 0 aromatic heterocycles. The van der Waals surface area contributed by atoms with E-state index in [-0.39, 0.29) is 0 Å². The standard InChI is InChI=1S/C7H12FNO/c1-6(2,8)7(3-4-7)5(9)10/h3-4H2,1-2H3,(H2,9,10). The summed E-state index contributed by atoms with van der Waals surface area (Å²) < 4.78 is 13.2. The van der Waals surface area contributed by atoms with Crippen molar-refractivity contribution in [2.45, 2.75) is 32.4 Å². The van der Waals surface area contributed by atoms with Crippen LogP contribution in [0.15, 0.2) is 0 Å². The van der Waals surface area contributed by atoms with Gasteiger partial charge in [-0.3, -0.25) is 4.79 Å². The molecule has 3 heteroatoms. The van der Waals surface area contributed by atoms with E-state index in [1.807, 2.05) is 0 Å². The van der Waals surface area contributed by atoms with Crippen LogP contribution >= 0.6 is 0 Å². The highest BCUT2D eigenvalue weighted by atomic mass is 19.1. The van der Waals surface area contributed by atoms with Gasteiger partial charge in [0.15, 0.2) is 0 Å². The first kappa shape index (κ1) is 7.51. The Kier molecular flexibility index (Phi) is 1.28. The Morgan fingerprint density at radius 1 is 1.60 bits per heavy atom. The number of hydrogen-bond acceptors (Lipinski definition) is 1. The summed E-state index contributed by atoms with van der Waals surface area (Å²) in [5.41, 5.74) is 2.75. The van der Waals surface area contributed by atoms with Gasteiger partial charge < -0.3 is 5.73 Å². The summed E-state index contributed by atoms with van der Waals surface area (Å²) in [4.78, 5) is 10.7. The van der Waals surface area contributed by atoms with Gasteiger partial charge >= 0.3 is 0 Å². The lowest BCUT2D eigenvalue weighted by Crippen LogP contribution is -2.39. The van der Waals surface area contributed by atoms with E-state index in [0.29, 0.717) is 12.8 Å². The molecular weight excluding hydrogens is 133 g/mol. The second-order valence-electron chi connectivity index (χ2n) is 3.42. The van der Waals surface area contributed by atoms with E-state index in [1.165, 1.54) is 13.8 Å². The zero-order valence-electron chi connectivity index (χ0n) is 6.28. The Labute approximate surface area is 59.6 Å². The number of alkyl halides is 1. The number of halogens is 1. The number of nitrogens with two attached hydrogens (primary N) is 1. The number of rotatable bonds is 2. The molecule has 0 aliphatic heterocycles. The predicted octanol–water partition coefficient (Wildman–Crippen LogP) is 1.00. The third-order valence-electron chi connectivity index (χ3n) is 2.36. The van der Waals surface area contributed by atoms with E-state index in [4.69, 9.17) is 5.73 Å². The SMILES string of the molecule is CC(C)(F)C1(C(N)=O)CC1. The van der Waals surface area contributed by atoms with Gasteiger partial charge in [0.1, 0.15) is 5.67 Å². The zero-order chi connectivity index (χ0) is 7.99. The summed E-state index contributed by atoms with van der Waals surface area (Å²) in [5, 5.41) is 0. The second kappa shape index (κ2) is 1.71. The van der Waals surface area contributed by atoms with Crippen LogP contribution in [0.2, 0.25) is 0 Å². The summed E-state index contributed by atoms with van der Waals surface area (Å²) in [6, 6.07) is 0. The number of amides is 1. The zero-order valence-corrected chi connectivity index (χ0v) is 6.28. The lowest BCUT2D eigenvalue weighted by molar-refractivity contribution is -0.128. The highest BCUT2D eigenvalue weighted by molar-refractivity contribution is 5.85. The Bertz CT molecular complexity index is 167. The highest BCUT2D eigenvalue weighted by Crippen LogP contribution is 2.55. The molecule has 1 aliphatic carbocycles. The Morgan fingerprint density at radius 3 is 2.00 bits per heavy atom. The van der Waals surface area contributed by atoms with E-state index < -0.39 is 17.0 Å². The molecule has 1 amide bonds. The average Bonchev–Trinajstić information content (AvgIpc) is 2.36. The molecule has 0 heterocycles. The molecule has 0 atom stereocenters. The number of carbonyl (C=O) groups is 1. The van der Waals surface area contributed by atoms with Gasteiger partial charge in [-0.2, -0.15) is 0 Å². The van der Waals surface area contributed by atoms with Gasteiger partial charge in [-0.1, -0.05) is 0 Å². The molecule has 10 heavy (non-hydrogen) atoms. The van der Waals surface area contributed by atoms with Crippen molar-refractivity contribution in [3.8, 4) is 0 Å². The van der Waals surface area contributed by atoms with Gasteiger partial charge in [0.05, 0.1) is 5.41 Å². The van der Waals surface area contributed by atoms with Gasteiger partial charge in [-0.15, -0.1) is 0 Å². The summed E-state index contributed by atoms with van der Waals surface area (Å²) in [6.45, 7) is 2.82. The minimum atomic E-state index is -1.45. The lowest BCUT2D eigenvalue weighted by Gasteiger charge is -2.22. The van der Waals surface area contributed by atoms with E-state index in [0.717, 1.165) is 0 Å². The van der Waals surface area contributed by atoms with E-state index in [1.54, 1.807) is 0 Å². The van der Waals surface area contributed by atoms with Crippen LogP contribution in [0.4, 0.5) is 4.39 Å². The lowest BCUT2D eigenvalue weighted by atomic mass is 9.89. The largest absolute Gasteiger partial charge is 0.369 e. The fourth-order valence-corrected chi connectivity index (χ4v) is 1.26. The quantitative estimate of drug-likeness (QED) is 0.618. The maximum absolute atomic E-state index is 13.2. The highest BCUT2D eigenvalue weighted by Gasteiger charge is 2.59. The normalized spacial score (nSPS) is 22.3. The first-order valence-corrected chi connectivity index (χ1v) is 3.39. The van der Waals surface area contributed by atoms with Crippen molar-refractivity contribution in [1.82, 2.24) is 0 Å². The summed E-state index contributed by atoms with van der Waals surface area (Å²) in [6.07, 6.45) is 1.21. The maximum atomic E-state index is 13.2. The Morgan fingerprint density at radius 2 is 2.00 bits per heavy atom. The van der Waals surface area contributed by atoms with Crippen molar-refractivity contribution in [3.05, 3.63) is 0 Å². The van der Waals surface area contributed by atoms with Crippen molar-refractivity contribution in [1.29, 1.82) is 0 Å². The van der Waals surface area contributed by atoms with Crippen molar-refractivity contribution >= 4 is 5.91 Å². The fraction of sp³-hybridized carbons (Fsp3) is 0.857. The van der Waals surface area contributed by atoms with Crippen molar-refractivity contribution in [2.75, 3.05) is 0 Å². The van der Waals surface area contributed by atoms with E-state index >= 15 is 0 Å². The molecule has 2 nitrogen and oxygen atoms in total. The topological polar surface area (TPSA) is 43.1 Å². The first-order valence-electron chi connectivity index (χ1n) is 3.39. The maximum Gasteiger partial charge on any atom is 0.226 e. The smallest absolute Gasteiger partial charge is 0.226 e. The van der Waals surface area contributed by atoms with Crippen LogP contribution in [0.1, 0.15) is 26.7 Å². The van der Waals surface area contributed by atoms with Crippen LogP contribution in [-0.4, -0.2) is 11.6 Å². The van der Waals surface area contributed by atoms with Crippen molar-refractivity contribution in [2.24, 2.45) is 11.1 Å². The fourth-order valence-electron chi connectivity index (χ4n) is 1.26. The van der Waals surface area contributed by atoms with Gasteiger partial charge in [0, 0.05) is 0 Å². The van der Waals surface area contributed by atoms with Crippen LogP contribution in [0, 0.1) is 5.41 Å². The second-order valence-corrected chi connectivity index (χ2v) is 3.42. The van der Waals surface area contributed by atoms with Crippen molar-refractivity contribution in [3.63, 3.8) is 0 Å². The van der Waals surface area contributed by atoms with Crippen LogP contribution in [0.5, 0.6) is 0 Å². The summed E-state index contributed by atoms with van der Waals surface area (Å²) in [5.74, 6) is -0.500. The molecular formula is C7H12FNO. The molecule has 0 saturated heterocycles. The molecule has 0 aromatic rings. The predicted molar refractivity (Wildman–Crippen MR) is 36.0 cm³/mol. The number of carbonyl (C=O) groups excluding carboxylic acids is 1. The van der Waals surface area contributed by atoms with E-state index in [9.17, 15) is 9.18 Å². The molecule has 1 fully saturated rings. The van der Waals surface area contributed by atoms with Crippen LogP contribution in [0.3, 0.4) is 0 Å². The molecule has 1 aliphatic rings.